The topological polar surface area (TPSA) is 94.9 Å². The lowest BCUT2D eigenvalue weighted by atomic mass is 9.99. The first kappa shape index (κ1) is 28.8. The smallest absolute Gasteiger partial charge is 0.240 e. The number of amides is 2. The summed E-state index contributed by atoms with van der Waals surface area (Å²) < 4.78 is 18.6. The molecule has 0 spiro atoms. The van der Waals surface area contributed by atoms with Crippen LogP contribution in [0.1, 0.15) is 29.2 Å². The summed E-state index contributed by atoms with van der Waals surface area (Å²) in [4.78, 5) is 28.9. The van der Waals surface area contributed by atoms with Crippen molar-refractivity contribution in [2.24, 2.45) is 0 Å². The molecule has 1 N–H and O–H groups in total. The minimum absolute atomic E-state index is 0.000613. The van der Waals surface area contributed by atoms with Gasteiger partial charge in [-0.3, -0.25) is 14.5 Å². The normalized spacial score (nSPS) is 18.2. The van der Waals surface area contributed by atoms with Crippen molar-refractivity contribution in [3.8, 4) is 28.4 Å². The molecule has 6 rings (SSSR count). The summed E-state index contributed by atoms with van der Waals surface area (Å²) in [5.74, 6) is 1.73. The second-order valence-electron chi connectivity index (χ2n) is 10.4. The summed E-state index contributed by atoms with van der Waals surface area (Å²) >= 11 is 1.51. The van der Waals surface area contributed by atoms with Crippen molar-refractivity contribution in [3.63, 3.8) is 0 Å². The highest BCUT2D eigenvalue weighted by Gasteiger charge is 2.38. The van der Waals surface area contributed by atoms with E-state index in [0.29, 0.717) is 24.7 Å². The molecular formula is C33H34N4O5S. The molecule has 3 aromatic carbocycles. The number of nitrogens with one attached hydrogen (secondary N) is 1. The summed E-state index contributed by atoms with van der Waals surface area (Å²) in [5.41, 5.74) is 4.15. The number of carbonyl (C=O) groups is 2. The molecule has 1 aromatic heterocycles. The fourth-order valence-corrected chi connectivity index (χ4v) is 6.82. The van der Waals surface area contributed by atoms with Crippen molar-refractivity contribution in [2.45, 2.75) is 24.2 Å². The summed E-state index contributed by atoms with van der Waals surface area (Å²) in [7, 11) is 3.27. The van der Waals surface area contributed by atoms with Crippen LogP contribution in [0.4, 0.5) is 5.82 Å². The number of hydrogen-bond acceptors (Lipinski definition) is 7. The van der Waals surface area contributed by atoms with Crippen LogP contribution < -0.4 is 19.7 Å². The molecule has 222 valence electrons. The molecule has 3 heterocycles. The molecule has 43 heavy (non-hydrogen) atoms. The lowest BCUT2D eigenvalue weighted by Crippen LogP contribution is -2.44. The SMILES string of the molecule is COc1ccc(-n2nc(-c3ccccc3)c3c2N(CC(=O)NC[C@@H]2CCCO2)C(=O)CS[C@@H]3c2ccccc2OC)cc1. The zero-order valence-electron chi connectivity index (χ0n) is 24.2. The van der Waals surface area contributed by atoms with Gasteiger partial charge in [0.25, 0.3) is 0 Å². The Bertz CT molecular complexity index is 1580. The fraction of sp³-hybridized carbons (Fsp3) is 0.303. The first-order valence-corrected chi connectivity index (χ1v) is 15.4. The van der Waals surface area contributed by atoms with E-state index in [1.165, 1.54) is 11.8 Å². The third-order valence-corrected chi connectivity index (χ3v) is 8.96. The van der Waals surface area contributed by atoms with Crippen molar-refractivity contribution in [1.82, 2.24) is 15.1 Å². The molecule has 4 aromatic rings. The molecule has 2 amide bonds. The van der Waals surface area contributed by atoms with Gasteiger partial charge in [-0.05, 0) is 43.2 Å². The number of methoxy groups -OCH3 is 2. The Kier molecular flexibility index (Phi) is 8.67. The van der Waals surface area contributed by atoms with Gasteiger partial charge < -0.3 is 19.5 Å². The molecule has 9 nitrogen and oxygen atoms in total. The maximum Gasteiger partial charge on any atom is 0.240 e. The molecule has 2 aliphatic rings. The number of benzene rings is 3. The van der Waals surface area contributed by atoms with Crippen LogP contribution in [0.2, 0.25) is 0 Å². The third-order valence-electron chi connectivity index (χ3n) is 7.73. The van der Waals surface area contributed by atoms with E-state index in [1.807, 2.05) is 78.9 Å². The number of rotatable bonds is 9. The van der Waals surface area contributed by atoms with Gasteiger partial charge in [0, 0.05) is 29.8 Å². The maximum atomic E-state index is 13.9. The Balaban J connectivity index is 1.53. The quantitative estimate of drug-likeness (QED) is 0.289. The van der Waals surface area contributed by atoms with Gasteiger partial charge >= 0.3 is 0 Å². The van der Waals surface area contributed by atoms with E-state index >= 15 is 0 Å². The van der Waals surface area contributed by atoms with Crippen LogP contribution in [-0.4, -0.2) is 67.4 Å². The van der Waals surface area contributed by atoms with Crippen LogP contribution in [0.3, 0.4) is 0 Å². The highest BCUT2D eigenvalue weighted by atomic mass is 32.2. The lowest BCUT2D eigenvalue weighted by molar-refractivity contribution is -0.123. The summed E-state index contributed by atoms with van der Waals surface area (Å²) in [6, 6.07) is 25.3. The molecule has 1 fully saturated rings. The largest absolute Gasteiger partial charge is 0.497 e. The van der Waals surface area contributed by atoms with E-state index in [4.69, 9.17) is 19.3 Å². The Morgan fingerprint density at radius 2 is 1.79 bits per heavy atom. The Hall–Kier alpha value is -4.28. The van der Waals surface area contributed by atoms with Crippen molar-refractivity contribution < 1.29 is 23.8 Å². The number of ether oxygens (including phenoxy) is 3. The molecule has 0 radical (unpaired) electrons. The first-order valence-electron chi connectivity index (χ1n) is 14.3. The van der Waals surface area contributed by atoms with Crippen molar-refractivity contribution in [2.75, 3.05) is 44.6 Å². The molecular weight excluding hydrogens is 564 g/mol. The summed E-state index contributed by atoms with van der Waals surface area (Å²) in [6.07, 6.45) is 1.90. The van der Waals surface area contributed by atoms with E-state index in [2.05, 4.69) is 5.32 Å². The Morgan fingerprint density at radius 1 is 1.02 bits per heavy atom. The third kappa shape index (κ3) is 5.98. The van der Waals surface area contributed by atoms with Crippen molar-refractivity contribution in [1.29, 1.82) is 0 Å². The Morgan fingerprint density at radius 3 is 2.51 bits per heavy atom. The van der Waals surface area contributed by atoms with E-state index in [0.717, 1.165) is 46.7 Å². The molecule has 10 heteroatoms. The van der Waals surface area contributed by atoms with Crippen LogP contribution in [0.5, 0.6) is 11.5 Å². The number of nitrogens with zero attached hydrogens (tertiary/aromatic N) is 3. The fourth-order valence-electron chi connectivity index (χ4n) is 5.59. The minimum Gasteiger partial charge on any atom is -0.497 e. The Labute approximate surface area is 255 Å². The molecule has 2 atom stereocenters. The monoisotopic (exact) mass is 598 g/mol. The van der Waals surface area contributed by atoms with E-state index in [-0.39, 0.29) is 35.5 Å². The number of carbonyl (C=O) groups excluding carboxylic acids is 2. The maximum absolute atomic E-state index is 13.9. The molecule has 0 saturated carbocycles. The average Bonchev–Trinajstić information content (AvgIpc) is 3.69. The van der Waals surface area contributed by atoms with Gasteiger partial charge in [0.1, 0.15) is 23.9 Å². The highest BCUT2D eigenvalue weighted by Crippen LogP contribution is 2.50. The van der Waals surface area contributed by atoms with Crippen molar-refractivity contribution in [3.05, 3.63) is 90.0 Å². The number of aromatic nitrogens is 2. The molecule has 0 unspecified atom stereocenters. The van der Waals surface area contributed by atoms with Gasteiger partial charge in [-0.2, -0.15) is 5.10 Å². The molecule has 2 aliphatic heterocycles. The van der Waals surface area contributed by atoms with Gasteiger partial charge in [0.2, 0.25) is 11.8 Å². The average molecular weight is 599 g/mol. The molecule has 1 saturated heterocycles. The second-order valence-corrected chi connectivity index (χ2v) is 11.5. The van der Waals surface area contributed by atoms with Gasteiger partial charge in [-0.15, -0.1) is 11.8 Å². The number of anilines is 1. The first-order chi connectivity index (χ1) is 21.1. The zero-order valence-corrected chi connectivity index (χ0v) is 25.0. The second kappa shape index (κ2) is 12.9. The highest BCUT2D eigenvalue weighted by molar-refractivity contribution is 8.00. The van der Waals surface area contributed by atoms with Crippen LogP contribution in [0.25, 0.3) is 16.9 Å². The summed E-state index contributed by atoms with van der Waals surface area (Å²) in [5, 5.41) is 7.83. The van der Waals surface area contributed by atoms with E-state index in [1.54, 1.807) is 23.8 Å². The predicted octanol–water partition coefficient (Wildman–Crippen LogP) is 5.02. The van der Waals surface area contributed by atoms with Crippen LogP contribution in [0.15, 0.2) is 78.9 Å². The number of para-hydroxylation sites is 1. The van der Waals surface area contributed by atoms with Gasteiger partial charge in [-0.25, -0.2) is 4.68 Å². The standard InChI is InChI=1S/C33H34N4O5S/c1-40-24-16-14-23(15-17-24)37-33-30(31(35-37)22-9-4-3-5-10-22)32(26-12-6-7-13-27(26)41-2)43-21-29(39)36(33)20-28(38)34-19-25-11-8-18-42-25/h3-7,9-10,12-17,25,32H,8,11,18-21H2,1-2H3,(H,34,38)/t25-,32+/m0/s1. The van der Waals surface area contributed by atoms with Gasteiger partial charge in [-0.1, -0.05) is 48.5 Å². The molecule has 0 aliphatic carbocycles. The van der Waals surface area contributed by atoms with Crippen LogP contribution >= 0.6 is 11.8 Å². The lowest BCUT2D eigenvalue weighted by Gasteiger charge is -2.24. The number of hydrogen-bond donors (Lipinski definition) is 1. The number of fused-ring (bicyclic) bond motifs is 1. The van der Waals surface area contributed by atoms with Crippen LogP contribution in [-0.2, 0) is 14.3 Å². The van der Waals surface area contributed by atoms with Crippen LogP contribution in [0, 0.1) is 0 Å². The van der Waals surface area contributed by atoms with Gasteiger partial charge in [0.15, 0.2) is 0 Å². The number of thioether (sulfide) groups is 1. The van der Waals surface area contributed by atoms with Crippen molar-refractivity contribution >= 4 is 29.4 Å². The zero-order chi connectivity index (χ0) is 29.8. The summed E-state index contributed by atoms with van der Waals surface area (Å²) in [6.45, 7) is 0.979. The minimum atomic E-state index is -0.294. The molecule has 0 bridgehead atoms. The van der Waals surface area contributed by atoms with E-state index < -0.39 is 0 Å². The van der Waals surface area contributed by atoms with E-state index in [9.17, 15) is 9.59 Å². The predicted molar refractivity (Wildman–Crippen MR) is 167 cm³/mol. The van der Waals surface area contributed by atoms with Gasteiger partial charge in [0.05, 0.1) is 42.7 Å².